The van der Waals surface area contributed by atoms with Crippen molar-refractivity contribution >= 4 is 11.7 Å². The molecule has 18 heavy (non-hydrogen) atoms. The Balaban J connectivity index is 1.98. The number of ketones is 1. The van der Waals surface area contributed by atoms with Crippen LogP contribution in [0, 0.1) is 6.92 Å². The molecule has 0 aromatic carbocycles. The summed E-state index contributed by atoms with van der Waals surface area (Å²) in [5, 5.41) is 0. The molecule has 0 spiro atoms. The van der Waals surface area contributed by atoms with Gasteiger partial charge in [0.1, 0.15) is 11.5 Å². The van der Waals surface area contributed by atoms with Crippen LogP contribution in [0.5, 0.6) is 0 Å². The highest BCUT2D eigenvalue weighted by molar-refractivity contribution is 5.98. The summed E-state index contributed by atoms with van der Waals surface area (Å²) in [6.07, 6.45) is 2.62. The number of aryl methyl sites for hydroxylation is 1. The topological polar surface area (TPSA) is 82.0 Å². The highest BCUT2D eigenvalue weighted by Crippen LogP contribution is 2.32. The molecule has 2 heterocycles. The Labute approximate surface area is 104 Å². The quantitative estimate of drug-likeness (QED) is 0.826. The Morgan fingerprint density at radius 3 is 2.94 bits per heavy atom. The summed E-state index contributed by atoms with van der Waals surface area (Å²) in [4.78, 5) is 20.0. The fraction of sp³-hybridized carbons (Fsp3) is 0.308. The maximum absolute atomic E-state index is 12.0. The molecular formula is C13H13N3O2. The monoisotopic (exact) mass is 243 g/mol. The van der Waals surface area contributed by atoms with Gasteiger partial charge in [-0.25, -0.2) is 9.97 Å². The number of Topliss-reactive ketones (excluding diaryl/α,β-unsaturated/α-hetero) is 1. The van der Waals surface area contributed by atoms with Crippen molar-refractivity contribution in [2.24, 2.45) is 0 Å². The van der Waals surface area contributed by atoms with Crippen LogP contribution in [0.4, 0.5) is 5.95 Å². The van der Waals surface area contributed by atoms with Crippen LogP contribution >= 0.6 is 0 Å². The molecule has 0 saturated heterocycles. The van der Waals surface area contributed by atoms with Gasteiger partial charge in [0.05, 0.1) is 11.3 Å². The first kappa shape index (κ1) is 11.0. The molecule has 3 rings (SSSR count). The summed E-state index contributed by atoms with van der Waals surface area (Å²) in [5.74, 6) is 2.00. The second-order valence-electron chi connectivity index (χ2n) is 4.57. The van der Waals surface area contributed by atoms with Gasteiger partial charge in [0.2, 0.25) is 5.95 Å². The Kier molecular flexibility index (Phi) is 2.40. The molecule has 2 aromatic rings. The minimum Gasteiger partial charge on any atom is -0.466 e. The lowest BCUT2D eigenvalue weighted by atomic mass is 9.85. The van der Waals surface area contributed by atoms with Crippen LogP contribution in [0.15, 0.2) is 22.7 Å². The molecule has 0 saturated carbocycles. The summed E-state index contributed by atoms with van der Waals surface area (Å²) < 4.78 is 5.59. The van der Waals surface area contributed by atoms with Gasteiger partial charge in [-0.15, -0.1) is 0 Å². The molecule has 5 heteroatoms. The average molecular weight is 243 g/mol. The van der Waals surface area contributed by atoms with Crippen LogP contribution < -0.4 is 5.73 Å². The zero-order chi connectivity index (χ0) is 12.7. The van der Waals surface area contributed by atoms with Gasteiger partial charge in [-0.05, 0) is 19.1 Å². The van der Waals surface area contributed by atoms with Gasteiger partial charge in [-0.2, -0.15) is 0 Å². The standard InChI is InChI=1S/C13H13N3O2/c1-7-2-3-12(18-7)8-4-10-9(11(17)5-8)6-15-13(14)16-10/h2-3,6,8H,4-5H2,1H3,(H2,14,15,16). The van der Waals surface area contributed by atoms with E-state index < -0.39 is 0 Å². The number of carbonyl (C=O) groups is 1. The molecule has 1 aliphatic rings. The molecule has 0 bridgehead atoms. The van der Waals surface area contributed by atoms with Crippen LogP contribution in [-0.4, -0.2) is 15.8 Å². The number of nitrogens with zero attached hydrogens (tertiary/aromatic N) is 2. The van der Waals surface area contributed by atoms with Crippen molar-refractivity contribution < 1.29 is 9.21 Å². The summed E-state index contributed by atoms with van der Waals surface area (Å²) in [7, 11) is 0. The average Bonchev–Trinajstić information content (AvgIpc) is 2.75. The second-order valence-corrected chi connectivity index (χ2v) is 4.57. The number of fused-ring (bicyclic) bond motifs is 1. The summed E-state index contributed by atoms with van der Waals surface area (Å²) in [6, 6.07) is 3.83. The van der Waals surface area contributed by atoms with E-state index in [9.17, 15) is 4.79 Å². The lowest BCUT2D eigenvalue weighted by Gasteiger charge is -2.20. The number of hydrogen-bond donors (Lipinski definition) is 1. The minimum absolute atomic E-state index is 0.0491. The first-order valence-corrected chi connectivity index (χ1v) is 5.84. The van der Waals surface area contributed by atoms with E-state index in [1.807, 2.05) is 19.1 Å². The van der Waals surface area contributed by atoms with Gasteiger partial charge < -0.3 is 10.2 Å². The first-order chi connectivity index (χ1) is 8.63. The number of nitrogens with two attached hydrogens (primary N) is 1. The molecule has 2 N–H and O–H groups in total. The van der Waals surface area contributed by atoms with Crippen molar-refractivity contribution in [2.75, 3.05) is 5.73 Å². The normalized spacial score (nSPS) is 18.7. The molecule has 92 valence electrons. The van der Waals surface area contributed by atoms with Gasteiger partial charge in [0.15, 0.2) is 5.78 Å². The Bertz CT molecular complexity index is 618. The number of aromatic nitrogens is 2. The minimum atomic E-state index is 0.0491. The third-order valence-corrected chi connectivity index (χ3v) is 3.22. The molecule has 0 amide bonds. The fourth-order valence-corrected chi connectivity index (χ4v) is 2.33. The zero-order valence-electron chi connectivity index (χ0n) is 10.0. The summed E-state index contributed by atoms with van der Waals surface area (Å²) in [5.41, 5.74) is 6.87. The van der Waals surface area contributed by atoms with E-state index in [1.165, 1.54) is 6.20 Å². The first-order valence-electron chi connectivity index (χ1n) is 5.84. The molecular weight excluding hydrogens is 230 g/mol. The van der Waals surface area contributed by atoms with Crippen LogP contribution in [-0.2, 0) is 6.42 Å². The molecule has 1 unspecified atom stereocenters. The van der Waals surface area contributed by atoms with Crippen molar-refractivity contribution in [1.82, 2.24) is 9.97 Å². The van der Waals surface area contributed by atoms with E-state index in [4.69, 9.17) is 10.2 Å². The van der Waals surface area contributed by atoms with Gasteiger partial charge in [-0.3, -0.25) is 4.79 Å². The SMILES string of the molecule is Cc1ccc(C2CC(=O)c3cnc(N)nc3C2)o1. The Hall–Kier alpha value is -2.17. The van der Waals surface area contributed by atoms with Crippen molar-refractivity contribution in [3.8, 4) is 0 Å². The maximum atomic E-state index is 12.0. The lowest BCUT2D eigenvalue weighted by Crippen LogP contribution is -2.20. The number of hydrogen-bond acceptors (Lipinski definition) is 5. The van der Waals surface area contributed by atoms with Gasteiger partial charge in [-0.1, -0.05) is 0 Å². The van der Waals surface area contributed by atoms with Crippen LogP contribution in [0.1, 0.15) is 39.9 Å². The number of furan rings is 1. The van der Waals surface area contributed by atoms with E-state index in [0.717, 1.165) is 17.2 Å². The second kappa shape index (κ2) is 3.94. The number of anilines is 1. The smallest absolute Gasteiger partial charge is 0.220 e. The zero-order valence-corrected chi connectivity index (χ0v) is 10.0. The van der Waals surface area contributed by atoms with E-state index in [0.29, 0.717) is 18.4 Å². The van der Waals surface area contributed by atoms with Crippen LogP contribution in [0.25, 0.3) is 0 Å². The lowest BCUT2D eigenvalue weighted by molar-refractivity contribution is 0.0958. The summed E-state index contributed by atoms with van der Waals surface area (Å²) in [6.45, 7) is 1.89. The highest BCUT2D eigenvalue weighted by Gasteiger charge is 2.29. The fourth-order valence-electron chi connectivity index (χ4n) is 2.33. The molecule has 1 atom stereocenters. The van der Waals surface area contributed by atoms with Crippen molar-refractivity contribution in [3.05, 3.63) is 41.1 Å². The number of rotatable bonds is 1. The Morgan fingerprint density at radius 2 is 2.22 bits per heavy atom. The largest absolute Gasteiger partial charge is 0.466 e. The molecule has 1 aliphatic carbocycles. The van der Waals surface area contributed by atoms with Crippen molar-refractivity contribution in [1.29, 1.82) is 0 Å². The van der Waals surface area contributed by atoms with Crippen LogP contribution in [0.3, 0.4) is 0 Å². The highest BCUT2D eigenvalue weighted by atomic mass is 16.3. The van der Waals surface area contributed by atoms with Gasteiger partial charge in [0, 0.05) is 25.0 Å². The number of nitrogen functional groups attached to an aromatic ring is 1. The Morgan fingerprint density at radius 1 is 1.39 bits per heavy atom. The number of carbonyl (C=O) groups excluding carboxylic acids is 1. The van der Waals surface area contributed by atoms with Crippen molar-refractivity contribution in [2.45, 2.75) is 25.7 Å². The van der Waals surface area contributed by atoms with E-state index in [-0.39, 0.29) is 17.6 Å². The molecule has 0 fully saturated rings. The molecule has 0 radical (unpaired) electrons. The maximum Gasteiger partial charge on any atom is 0.220 e. The van der Waals surface area contributed by atoms with E-state index in [1.54, 1.807) is 0 Å². The molecule has 2 aromatic heterocycles. The summed E-state index contributed by atoms with van der Waals surface area (Å²) >= 11 is 0. The predicted octanol–water partition coefficient (Wildman–Crippen LogP) is 1.87. The van der Waals surface area contributed by atoms with Crippen LogP contribution in [0.2, 0.25) is 0 Å². The molecule has 5 nitrogen and oxygen atoms in total. The van der Waals surface area contributed by atoms with Gasteiger partial charge in [0.25, 0.3) is 0 Å². The van der Waals surface area contributed by atoms with Crippen molar-refractivity contribution in [3.63, 3.8) is 0 Å². The van der Waals surface area contributed by atoms with E-state index in [2.05, 4.69) is 9.97 Å². The predicted molar refractivity (Wildman–Crippen MR) is 65.3 cm³/mol. The van der Waals surface area contributed by atoms with Gasteiger partial charge >= 0.3 is 0 Å². The molecule has 0 aliphatic heterocycles. The third kappa shape index (κ3) is 1.77. The van der Waals surface area contributed by atoms with E-state index >= 15 is 0 Å². The third-order valence-electron chi connectivity index (χ3n) is 3.22.